The van der Waals surface area contributed by atoms with E-state index < -0.39 is 10.0 Å². The normalized spacial score (nSPS) is 11.3. The first-order chi connectivity index (χ1) is 17.4. The monoisotopic (exact) mass is 503 g/mol. The summed E-state index contributed by atoms with van der Waals surface area (Å²) in [6, 6.07) is 26.1. The molecule has 186 valence electrons. The third-order valence-corrected chi connectivity index (χ3v) is 7.65. The van der Waals surface area contributed by atoms with Crippen LogP contribution in [0, 0.1) is 0 Å². The van der Waals surface area contributed by atoms with Crippen molar-refractivity contribution >= 4 is 44.4 Å². The summed E-state index contributed by atoms with van der Waals surface area (Å²) < 4.78 is 26.9. The van der Waals surface area contributed by atoms with Gasteiger partial charge in [-0.2, -0.15) is 4.31 Å². The molecule has 0 unspecified atom stereocenters. The SMILES string of the molecule is CCN(CC)S(=O)(=O)c1ccc(Nc2ncnc(NN(c3ccccc3)c3ccccc3)c2N)cc1. The summed E-state index contributed by atoms with van der Waals surface area (Å²) in [5, 5.41) is 5.04. The quantitative estimate of drug-likeness (QED) is 0.259. The molecule has 0 radical (unpaired) electrons. The Morgan fingerprint density at radius 1 is 0.778 bits per heavy atom. The van der Waals surface area contributed by atoms with Crippen LogP contribution >= 0.6 is 0 Å². The predicted octanol–water partition coefficient (Wildman–Crippen LogP) is 5.00. The van der Waals surface area contributed by atoms with Crippen LogP contribution in [0.4, 0.5) is 34.4 Å². The number of hydrogen-bond donors (Lipinski definition) is 3. The maximum absolute atomic E-state index is 12.8. The van der Waals surface area contributed by atoms with Gasteiger partial charge in [0.15, 0.2) is 11.6 Å². The predicted molar refractivity (Wildman–Crippen MR) is 145 cm³/mol. The van der Waals surface area contributed by atoms with E-state index in [9.17, 15) is 8.42 Å². The van der Waals surface area contributed by atoms with Gasteiger partial charge in [-0.15, -0.1) is 0 Å². The highest BCUT2D eigenvalue weighted by Crippen LogP contribution is 2.31. The Balaban J connectivity index is 1.58. The lowest BCUT2D eigenvalue weighted by Gasteiger charge is -2.26. The van der Waals surface area contributed by atoms with E-state index in [0.717, 1.165) is 11.4 Å². The molecule has 1 aromatic heterocycles. The number of nitrogens with zero attached hydrogens (tertiary/aromatic N) is 4. The fourth-order valence-corrected chi connectivity index (χ4v) is 5.14. The van der Waals surface area contributed by atoms with Gasteiger partial charge in [-0.1, -0.05) is 50.2 Å². The molecule has 0 bridgehead atoms. The van der Waals surface area contributed by atoms with Crippen LogP contribution in [0.2, 0.25) is 0 Å². The lowest BCUT2D eigenvalue weighted by atomic mass is 10.2. The molecule has 0 atom stereocenters. The minimum absolute atomic E-state index is 0.233. The smallest absolute Gasteiger partial charge is 0.243 e. The van der Waals surface area contributed by atoms with E-state index in [-0.39, 0.29) is 4.90 Å². The fraction of sp³-hybridized carbons (Fsp3) is 0.154. The number of benzene rings is 3. The number of aromatic nitrogens is 2. The summed E-state index contributed by atoms with van der Waals surface area (Å²) in [6.45, 7) is 4.46. The average molecular weight is 504 g/mol. The molecule has 0 fully saturated rings. The minimum Gasteiger partial charge on any atom is -0.393 e. The number of rotatable bonds is 10. The van der Waals surface area contributed by atoms with Gasteiger partial charge in [-0.3, -0.25) is 10.4 Å². The second kappa shape index (κ2) is 11.1. The first-order valence-electron chi connectivity index (χ1n) is 11.6. The summed E-state index contributed by atoms with van der Waals surface area (Å²) >= 11 is 0. The number of anilines is 6. The van der Waals surface area contributed by atoms with Crippen LogP contribution in [0.25, 0.3) is 0 Å². The summed E-state index contributed by atoms with van der Waals surface area (Å²) in [4.78, 5) is 8.86. The highest BCUT2D eigenvalue weighted by molar-refractivity contribution is 7.89. The lowest BCUT2D eigenvalue weighted by molar-refractivity contribution is 0.445. The van der Waals surface area contributed by atoms with Gasteiger partial charge in [0.1, 0.15) is 12.0 Å². The number of nitrogens with two attached hydrogens (primary N) is 1. The summed E-state index contributed by atoms with van der Waals surface area (Å²) in [6.07, 6.45) is 1.41. The second-order valence-electron chi connectivity index (χ2n) is 7.84. The average Bonchev–Trinajstić information content (AvgIpc) is 2.91. The maximum Gasteiger partial charge on any atom is 0.243 e. The van der Waals surface area contributed by atoms with Gasteiger partial charge in [-0.25, -0.2) is 18.4 Å². The van der Waals surface area contributed by atoms with Gasteiger partial charge in [0, 0.05) is 18.8 Å². The number of hydrogen-bond acceptors (Lipinski definition) is 8. The zero-order valence-electron chi connectivity index (χ0n) is 20.2. The van der Waals surface area contributed by atoms with E-state index in [2.05, 4.69) is 20.7 Å². The Morgan fingerprint density at radius 2 is 1.31 bits per heavy atom. The van der Waals surface area contributed by atoms with Crippen molar-refractivity contribution < 1.29 is 8.42 Å². The molecule has 9 nitrogen and oxygen atoms in total. The van der Waals surface area contributed by atoms with Crippen molar-refractivity contribution in [3.05, 3.63) is 91.3 Å². The first-order valence-corrected chi connectivity index (χ1v) is 13.0. The van der Waals surface area contributed by atoms with Gasteiger partial charge in [-0.05, 0) is 48.5 Å². The van der Waals surface area contributed by atoms with E-state index >= 15 is 0 Å². The Hall–Kier alpha value is -4.15. The molecule has 4 aromatic rings. The van der Waals surface area contributed by atoms with Crippen molar-refractivity contribution in [2.24, 2.45) is 0 Å². The number of para-hydroxylation sites is 2. The number of nitrogens with one attached hydrogen (secondary N) is 2. The van der Waals surface area contributed by atoms with Gasteiger partial charge in [0.05, 0.1) is 16.3 Å². The highest BCUT2D eigenvalue weighted by Gasteiger charge is 2.21. The minimum atomic E-state index is -3.53. The Labute approximate surface area is 211 Å². The van der Waals surface area contributed by atoms with Gasteiger partial charge >= 0.3 is 0 Å². The Kier molecular flexibility index (Phi) is 7.67. The topological polar surface area (TPSA) is 116 Å². The van der Waals surface area contributed by atoms with E-state index in [0.29, 0.717) is 36.1 Å². The molecule has 0 saturated heterocycles. The second-order valence-corrected chi connectivity index (χ2v) is 9.78. The molecule has 0 saturated carbocycles. The molecular formula is C26H29N7O2S. The lowest BCUT2D eigenvalue weighted by Crippen LogP contribution is -2.30. The van der Waals surface area contributed by atoms with Crippen molar-refractivity contribution in [3.63, 3.8) is 0 Å². The molecule has 36 heavy (non-hydrogen) atoms. The number of sulfonamides is 1. The van der Waals surface area contributed by atoms with Gasteiger partial charge in [0.2, 0.25) is 10.0 Å². The van der Waals surface area contributed by atoms with Crippen LogP contribution in [0.5, 0.6) is 0 Å². The molecule has 1 heterocycles. The molecule has 4 N–H and O–H groups in total. The zero-order chi connectivity index (χ0) is 25.5. The van der Waals surface area contributed by atoms with Crippen LogP contribution in [0.15, 0.2) is 96.2 Å². The third-order valence-electron chi connectivity index (χ3n) is 5.59. The van der Waals surface area contributed by atoms with Crippen LogP contribution in [0.3, 0.4) is 0 Å². The molecule has 0 aliphatic rings. The molecule has 3 aromatic carbocycles. The number of hydrazine groups is 1. The largest absolute Gasteiger partial charge is 0.393 e. The molecule has 4 rings (SSSR count). The summed E-state index contributed by atoms with van der Waals surface area (Å²) in [5.74, 6) is 0.814. The van der Waals surface area contributed by atoms with E-state index in [4.69, 9.17) is 5.73 Å². The van der Waals surface area contributed by atoms with Crippen molar-refractivity contribution in [1.82, 2.24) is 14.3 Å². The fourth-order valence-electron chi connectivity index (χ4n) is 3.68. The summed E-state index contributed by atoms with van der Waals surface area (Å²) in [7, 11) is -3.53. The maximum atomic E-state index is 12.8. The van der Waals surface area contributed by atoms with Crippen LogP contribution in [-0.2, 0) is 10.0 Å². The van der Waals surface area contributed by atoms with Gasteiger partial charge < -0.3 is 11.1 Å². The molecule has 0 aliphatic heterocycles. The first kappa shape index (κ1) is 25.0. The van der Waals surface area contributed by atoms with E-state index in [1.54, 1.807) is 24.3 Å². The molecule has 0 aliphatic carbocycles. The van der Waals surface area contributed by atoms with Crippen molar-refractivity contribution in [1.29, 1.82) is 0 Å². The molecular weight excluding hydrogens is 474 g/mol. The van der Waals surface area contributed by atoms with Crippen LogP contribution in [0.1, 0.15) is 13.8 Å². The van der Waals surface area contributed by atoms with E-state index in [1.165, 1.54) is 10.6 Å². The zero-order valence-corrected chi connectivity index (χ0v) is 21.0. The number of nitrogen functional groups attached to an aromatic ring is 1. The summed E-state index contributed by atoms with van der Waals surface area (Å²) in [5.41, 5.74) is 12.5. The molecule has 0 amide bonds. The standard InChI is InChI=1S/C26H29N7O2S/c1-3-32(4-2)36(34,35)23-17-15-20(16-18-23)30-25-24(27)26(29-19-28-25)31-33(21-11-7-5-8-12-21)22-13-9-6-10-14-22/h5-19H,3-4,27H2,1-2H3,(H2,28,29,30,31). The third kappa shape index (κ3) is 5.40. The Bertz CT molecular complexity index is 1340. The van der Waals surface area contributed by atoms with Gasteiger partial charge in [0.25, 0.3) is 0 Å². The van der Waals surface area contributed by atoms with Crippen molar-refractivity contribution in [3.8, 4) is 0 Å². The highest BCUT2D eigenvalue weighted by atomic mass is 32.2. The van der Waals surface area contributed by atoms with Crippen LogP contribution in [-0.4, -0.2) is 35.8 Å². The molecule has 10 heteroatoms. The van der Waals surface area contributed by atoms with E-state index in [1.807, 2.05) is 79.5 Å². The Morgan fingerprint density at radius 3 is 1.83 bits per heavy atom. The van der Waals surface area contributed by atoms with Crippen molar-refractivity contribution in [2.45, 2.75) is 18.7 Å². The van der Waals surface area contributed by atoms with Crippen LogP contribution < -0.4 is 21.5 Å². The molecule has 0 spiro atoms. The van der Waals surface area contributed by atoms with Crippen molar-refractivity contribution in [2.75, 3.05) is 34.6 Å².